The van der Waals surface area contributed by atoms with Crippen LogP contribution in [0.1, 0.15) is 31.7 Å². The Bertz CT molecular complexity index is 594. The van der Waals surface area contributed by atoms with E-state index >= 15 is 0 Å². The normalized spacial score (nSPS) is 19.7. The molecule has 1 saturated heterocycles. The molecule has 1 atom stereocenters. The zero-order valence-corrected chi connectivity index (χ0v) is 13.5. The van der Waals surface area contributed by atoms with Crippen LogP contribution in [-0.4, -0.2) is 53.1 Å². The molecule has 1 amide bonds. The molecule has 0 unspecified atom stereocenters. The molecule has 6 nitrogen and oxygen atoms in total. The molecule has 1 aromatic heterocycles. The molecule has 7 heteroatoms. The fourth-order valence-corrected chi connectivity index (χ4v) is 3.42. The van der Waals surface area contributed by atoms with Crippen molar-refractivity contribution in [2.75, 3.05) is 18.1 Å². The second-order valence-corrected chi connectivity index (χ2v) is 8.01. The number of amides is 1. The van der Waals surface area contributed by atoms with Crippen LogP contribution in [0, 0.1) is 6.92 Å². The zero-order valence-electron chi connectivity index (χ0n) is 12.7. The summed E-state index contributed by atoms with van der Waals surface area (Å²) >= 11 is 0. The van der Waals surface area contributed by atoms with E-state index in [-0.39, 0.29) is 23.5 Å². The highest BCUT2D eigenvalue weighted by Gasteiger charge is 2.29. The van der Waals surface area contributed by atoms with E-state index in [9.17, 15) is 13.2 Å². The van der Waals surface area contributed by atoms with Crippen LogP contribution in [0.4, 0.5) is 0 Å². The molecule has 21 heavy (non-hydrogen) atoms. The van der Waals surface area contributed by atoms with Gasteiger partial charge in [0.05, 0.1) is 18.8 Å². The molecule has 0 aromatic carbocycles. The zero-order chi connectivity index (χ0) is 15.5. The Labute approximate surface area is 126 Å². The number of nitrogens with zero attached hydrogens (tertiary/aromatic N) is 3. The van der Waals surface area contributed by atoms with E-state index in [1.807, 2.05) is 17.8 Å². The minimum atomic E-state index is -3.27. The summed E-state index contributed by atoms with van der Waals surface area (Å²) in [7, 11) is -3.27. The van der Waals surface area contributed by atoms with Gasteiger partial charge in [-0.25, -0.2) is 8.42 Å². The van der Waals surface area contributed by atoms with Crippen molar-refractivity contribution in [3.63, 3.8) is 0 Å². The third-order valence-electron chi connectivity index (χ3n) is 3.89. The molecule has 0 aliphatic carbocycles. The summed E-state index contributed by atoms with van der Waals surface area (Å²) in [6, 6.07) is 0.0395. The van der Waals surface area contributed by atoms with Crippen LogP contribution in [0.25, 0.3) is 0 Å². The van der Waals surface area contributed by atoms with Gasteiger partial charge >= 0.3 is 0 Å². The van der Waals surface area contributed by atoms with Crippen LogP contribution >= 0.6 is 0 Å². The predicted molar refractivity (Wildman–Crippen MR) is 80.6 cm³/mol. The van der Waals surface area contributed by atoms with E-state index in [2.05, 4.69) is 5.10 Å². The predicted octanol–water partition coefficient (Wildman–Crippen LogP) is 1.01. The number of rotatable bonds is 5. The minimum absolute atomic E-state index is 0.00952. The van der Waals surface area contributed by atoms with Gasteiger partial charge in [-0.3, -0.25) is 9.48 Å². The summed E-state index contributed by atoms with van der Waals surface area (Å²) in [5.74, 6) is -0.640. The lowest BCUT2D eigenvalue weighted by Crippen LogP contribution is -2.48. The van der Waals surface area contributed by atoms with Gasteiger partial charge in [0, 0.05) is 18.5 Å². The van der Waals surface area contributed by atoms with Crippen LogP contribution in [-0.2, 0) is 21.2 Å². The summed E-state index contributed by atoms with van der Waals surface area (Å²) in [6.07, 6.45) is 6.63. The fraction of sp³-hybridized carbons (Fsp3) is 0.714. The molecule has 0 saturated carbocycles. The molecule has 0 spiro atoms. The Balaban J connectivity index is 2.06. The van der Waals surface area contributed by atoms with E-state index < -0.39 is 9.84 Å². The van der Waals surface area contributed by atoms with Gasteiger partial charge in [-0.2, -0.15) is 5.10 Å². The number of carbonyl (C=O) groups is 1. The van der Waals surface area contributed by atoms with Gasteiger partial charge in [-0.05, 0) is 31.7 Å². The first-order valence-corrected chi connectivity index (χ1v) is 9.22. The van der Waals surface area contributed by atoms with Crippen molar-refractivity contribution in [1.82, 2.24) is 14.7 Å². The lowest BCUT2D eigenvalue weighted by molar-refractivity contribution is -0.132. The Morgan fingerprint density at radius 1 is 1.43 bits per heavy atom. The molecular weight excluding hydrogens is 290 g/mol. The van der Waals surface area contributed by atoms with E-state index in [4.69, 9.17) is 0 Å². The summed E-state index contributed by atoms with van der Waals surface area (Å²) in [6.45, 7) is 4.82. The van der Waals surface area contributed by atoms with Gasteiger partial charge in [0.2, 0.25) is 5.91 Å². The first-order valence-electron chi connectivity index (χ1n) is 7.40. The standard InChI is InChI=1S/C14H23N3O3S/c1-3-21(19,20)11-14(18)17-7-5-4-6-13(17)10-16-9-12(2)8-15-16/h8-9,13H,3-7,10-11H2,1-2H3/t13-/m0/s1. The number of hydrogen-bond donors (Lipinski definition) is 0. The lowest BCUT2D eigenvalue weighted by atomic mass is 10.0. The Kier molecular flexibility index (Phi) is 5.03. The average molecular weight is 313 g/mol. The number of sulfone groups is 1. The molecule has 1 aliphatic rings. The fourth-order valence-electron chi connectivity index (χ4n) is 2.67. The van der Waals surface area contributed by atoms with Crippen molar-refractivity contribution in [1.29, 1.82) is 0 Å². The third kappa shape index (κ3) is 4.30. The monoisotopic (exact) mass is 313 g/mol. The smallest absolute Gasteiger partial charge is 0.238 e. The number of carbonyl (C=O) groups excluding carboxylic acids is 1. The topological polar surface area (TPSA) is 72.3 Å². The van der Waals surface area contributed by atoms with E-state index in [1.165, 1.54) is 0 Å². The Hall–Kier alpha value is -1.37. The van der Waals surface area contributed by atoms with Crippen molar-refractivity contribution in [3.8, 4) is 0 Å². The summed E-state index contributed by atoms with van der Waals surface area (Å²) in [5, 5.41) is 4.25. The number of likely N-dealkylation sites (tertiary alicyclic amines) is 1. The maximum absolute atomic E-state index is 12.3. The Morgan fingerprint density at radius 3 is 2.81 bits per heavy atom. The van der Waals surface area contributed by atoms with Crippen LogP contribution < -0.4 is 0 Å². The number of piperidine rings is 1. The second kappa shape index (κ2) is 6.60. The first-order chi connectivity index (χ1) is 9.91. The number of hydrogen-bond acceptors (Lipinski definition) is 4. The van der Waals surface area contributed by atoms with Crippen molar-refractivity contribution < 1.29 is 13.2 Å². The molecule has 0 radical (unpaired) electrons. The summed E-state index contributed by atoms with van der Waals surface area (Å²) in [4.78, 5) is 14.0. The lowest BCUT2D eigenvalue weighted by Gasteiger charge is -2.35. The van der Waals surface area contributed by atoms with E-state index in [0.29, 0.717) is 13.1 Å². The van der Waals surface area contributed by atoms with Crippen LogP contribution in [0.15, 0.2) is 12.4 Å². The summed E-state index contributed by atoms with van der Waals surface area (Å²) < 4.78 is 25.1. The quantitative estimate of drug-likeness (QED) is 0.813. The molecule has 1 aromatic rings. The molecule has 1 fully saturated rings. The maximum Gasteiger partial charge on any atom is 0.238 e. The number of aryl methyl sites for hydroxylation is 1. The number of aromatic nitrogens is 2. The molecule has 2 heterocycles. The molecule has 118 valence electrons. The SMILES string of the molecule is CCS(=O)(=O)CC(=O)N1CCCC[C@H]1Cn1cc(C)cn1. The van der Waals surface area contributed by atoms with Crippen LogP contribution in [0.2, 0.25) is 0 Å². The Morgan fingerprint density at radius 2 is 2.19 bits per heavy atom. The molecule has 0 N–H and O–H groups in total. The van der Waals surface area contributed by atoms with Crippen LogP contribution in [0.3, 0.4) is 0 Å². The molecule has 2 rings (SSSR count). The van der Waals surface area contributed by atoms with Gasteiger partial charge in [0.15, 0.2) is 9.84 Å². The minimum Gasteiger partial charge on any atom is -0.337 e. The van der Waals surface area contributed by atoms with Crippen molar-refractivity contribution in [2.45, 2.75) is 45.7 Å². The van der Waals surface area contributed by atoms with Crippen molar-refractivity contribution in [2.24, 2.45) is 0 Å². The molecule has 1 aliphatic heterocycles. The van der Waals surface area contributed by atoms with Gasteiger partial charge in [0.1, 0.15) is 5.75 Å². The van der Waals surface area contributed by atoms with Gasteiger partial charge < -0.3 is 4.90 Å². The summed E-state index contributed by atoms with van der Waals surface area (Å²) in [5.41, 5.74) is 1.08. The van der Waals surface area contributed by atoms with Gasteiger partial charge in [0.25, 0.3) is 0 Å². The average Bonchev–Trinajstić information content (AvgIpc) is 2.84. The third-order valence-corrected chi connectivity index (χ3v) is 5.46. The van der Waals surface area contributed by atoms with Gasteiger partial charge in [-0.1, -0.05) is 6.92 Å². The van der Waals surface area contributed by atoms with Gasteiger partial charge in [-0.15, -0.1) is 0 Å². The van der Waals surface area contributed by atoms with Crippen molar-refractivity contribution in [3.05, 3.63) is 18.0 Å². The first kappa shape index (κ1) is 16.0. The van der Waals surface area contributed by atoms with Crippen LogP contribution in [0.5, 0.6) is 0 Å². The molecule has 0 bridgehead atoms. The highest BCUT2D eigenvalue weighted by molar-refractivity contribution is 7.92. The largest absolute Gasteiger partial charge is 0.337 e. The van der Waals surface area contributed by atoms with E-state index in [1.54, 1.807) is 18.0 Å². The molecular formula is C14H23N3O3S. The highest BCUT2D eigenvalue weighted by atomic mass is 32.2. The highest BCUT2D eigenvalue weighted by Crippen LogP contribution is 2.19. The van der Waals surface area contributed by atoms with E-state index in [0.717, 1.165) is 24.8 Å². The second-order valence-electron chi connectivity index (χ2n) is 5.65. The van der Waals surface area contributed by atoms with Crippen molar-refractivity contribution >= 4 is 15.7 Å². The maximum atomic E-state index is 12.3.